The zero-order chi connectivity index (χ0) is 15.9. The molecule has 0 aliphatic carbocycles. The van der Waals surface area contributed by atoms with Crippen LogP contribution in [0.3, 0.4) is 0 Å². The number of H-pyrrole nitrogens is 1. The van der Waals surface area contributed by atoms with Gasteiger partial charge in [0, 0.05) is 0 Å². The number of benzene rings is 2. The smallest absolute Gasteiger partial charge is 0.263 e. The van der Waals surface area contributed by atoms with Crippen LogP contribution in [0.2, 0.25) is 10.0 Å². The fourth-order valence-corrected chi connectivity index (χ4v) is 3.76. The fourth-order valence-electron chi connectivity index (χ4n) is 1.94. The summed E-state index contributed by atoms with van der Waals surface area (Å²) in [6.07, 6.45) is 0. The van der Waals surface area contributed by atoms with E-state index in [1.165, 1.54) is 36.4 Å². The van der Waals surface area contributed by atoms with E-state index in [4.69, 9.17) is 23.2 Å². The fraction of sp³-hybridized carbons (Fsp3) is 0. The number of hydrogen-bond donors (Lipinski definition) is 2. The van der Waals surface area contributed by atoms with Crippen LogP contribution >= 0.6 is 23.2 Å². The monoisotopic (exact) mass is 359 g/mol. The predicted molar refractivity (Wildman–Crippen MR) is 83.3 cm³/mol. The molecule has 0 spiro atoms. The number of fused-ring (bicyclic) bond motifs is 1. The Labute approximate surface area is 135 Å². The molecule has 0 fully saturated rings. The molecular weight excluding hydrogens is 352 g/mol. The topological polar surface area (TPSA) is 74.8 Å². The third kappa shape index (κ3) is 2.63. The first-order valence-corrected chi connectivity index (χ1v) is 8.23. The summed E-state index contributed by atoms with van der Waals surface area (Å²) >= 11 is 11.7. The Balaban J connectivity index is 2.01. The Morgan fingerprint density at radius 1 is 1.18 bits per heavy atom. The van der Waals surface area contributed by atoms with Crippen molar-refractivity contribution in [3.05, 3.63) is 52.4 Å². The van der Waals surface area contributed by atoms with Gasteiger partial charge in [-0.2, -0.15) is 9.49 Å². The minimum atomic E-state index is -3.93. The van der Waals surface area contributed by atoms with Gasteiger partial charge >= 0.3 is 0 Å². The number of halogens is 3. The van der Waals surface area contributed by atoms with Crippen molar-refractivity contribution in [2.24, 2.45) is 0 Å². The van der Waals surface area contributed by atoms with Gasteiger partial charge in [0.25, 0.3) is 10.0 Å². The lowest BCUT2D eigenvalue weighted by atomic mass is 10.2. The average molecular weight is 360 g/mol. The van der Waals surface area contributed by atoms with E-state index < -0.39 is 16.0 Å². The summed E-state index contributed by atoms with van der Waals surface area (Å²) in [6.45, 7) is 0. The summed E-state index contributed by atoms with van der Waals surface area (Å²) in [7, 11) is -3.93. The number of hydrogen-bond acceptors (Lipinski definition) is 3. The van der Waals surface area contributed by atoms with Crippen LogP contribution in [0, 0.1) is 5.95 Å². The third-order valence-electron chi connectivity index (χ3n) is 2.97. The van der Waals surface area contributed by atoms with Gasteiger partial charge in [-0.3, -0.25) is 9.82 Å². The zero-order valence-electron chi connectivity index (χ0n) is 10.8. The van der Waals surface area contributed by atoms with Crippen LogP contribution in [0.4, 0.5) is 10.1 Å². The predicted octanol–water partition coefficient (Wildman–Crippen LogP) is 3.81. The zero-order valence-corrected chi connectivity index (χ0v) is 13.1. The molecule has 0 radical (unpaired) electrons. The van der Waals surface area contributed by atoms with E-state index >= 15 is 0 Å². The minimum Gasteiger partial charge on any atom is -0.280 e. The number of nitrogens with one attached hydrogen (secondary N) is 2. The lowest BCUT2D eigenvalue weighted by molar-refractivity contribution is 0.588. The maximum absolute atomic E-state index is 13.3. The van der Waals surface area contributed by atoms with Crippen molar-refractivity contribution in [2.75, 3.05) is 4.72 Å². The molecule has 22 heavy (non-hydrogen) atoms. The molecule has 5 nitrogen and oxygen atoms in total. The lowest BCUT2D eigenvalue weighted by Gasteiger charge is -2.10. The van der Waals surface area contributed by atoms with E-state index in [0.29, 0.717) is 5.52 Å². The molecule has 0 aliphatic heterocycles. The summed E-state index contributed by atoms with van der Waals surface area (Å²) in [5.41, 5.74) is 0.532. The van der Waals surface area contributed by atoms with Crippen LogP contribution in [0.1, 0.15) is 0 Å². The molecule has 9 heteroatoms. The summed E-state index contributed by atoms with van der Waals surface area (Å²) in [5.74, 6) is -0.581. The Morgan fingerprint density at radius 3 is 2.73 bits per heavy atom. The molecule has 2 N–H and O–H groups in total. The van der Waals surface area contributed by atoms with Crippen LogP contribution in [0.5, 0.6) is 0 Å². The molecule has 1 aromatic heterocycles. The highest BCUT2D eigenvalue weighted by molar-refractivity contribution is 7.92. The van der Waals surface area contributed by atoms with Crippen molar-refractivity contribution in [2.45, 2.75) is 4.90 Å². The van der Waals surface area contributed by atoms with Gasteiger partial charge in [-0.1, -0.05) is 29.3 Å². The molecule has 0 aliphatic rings. The second-order valence-corrected chi connectivity index (χ2v) is 6.86. The Morgan fingerprint density at radius 2 is 1.95 bits per heavy atom. The van der Waals surface area contributed by atoms with Gasteiger partial charge in [0.15, 0.2) is 0 Å². The number of rotatable bonds is 3. The van der Waals surface area contributed by atoms with Gasteiger partial charge in [-0.05, 0) is 30.3 Å². The van der Waals surface area contributed by atoms with Crippen molar-refractivity contribution in [3.63, 3.8) is 0 Å². The highest BCUT2D eigenvalue weighted by Gasteiger charge is 2.20. The highest BCUT2D eigenvalue weighted by Crippen LogP contribution is 2.30. The van der Waals surface area contributed by atoms with Gasteiger partial charge < -0.3 is 0 Å². The van der Waals surface area contributed by atoms with Gasteiger partial charge in [-0.25, -0.2) is 8.42 Å². The van der Waals surface area contributed by atoms with Gasteiger partial charge in [0.1, 0.15) is 4.90 Å². The lowest BCUT2D eigenvalue weighted by Crippen LogP contribution is -2.13. The third-order valence-corrected chi connectivity index (χ3v) is 5.32. The molecule has 0 saturated heterocycles. The summed E-state index contributed by atoms with van der Waals surface area (Å²) in [5, 5.41) is 6.25. The molecule has 114 valence electrons. The molecule has 3 rings (SSSR count). The molecule has 0 saturated carbocycles. The van der Waals surface area contributed by atoms with Crippen LogP contribution in [-0.4, -0.2) is 18.6 Å². The molecular formula is C13H8Cl2FN3O2S. The van der Waals surface area contributed by atoms with Crippen LogP contribution in [-0.2, 0) is 10.0 Å². The van der Waals surface area contributed by atoms with Crippen molar-refractivity contribution < 1.29 is 12.8 Å². The first-order chi connectivity index (χ1) is 10.4. The Hall–Kier alpha value is -1.83. The Kier molecular flexibility index (Phi) is 3.72. The normalized spacial score (nSPS) is 11.8. The summed E-state index contributed by atoms with van der Waals surface area (Å²) < 4.78 is 40.4. The maximum Gasteiger partial charge on any atom is 0.263 e. The van der Waals surface area contributed by atoms with E-state index in [1.54, 1.807) is 0 Å². The molecule has 0 atom stereocenters. The standard InChI is InChI=1S/C13H8Cl2FN3O2S/c14-9-2-1-3-11(12(9)15)22(20,21)19-7-4-5-8-10(6-7)17-18-13(8)16/h1-6,19H,(H,17,18). The van der Waals surface area contributed by atoms with Crippen LogP contribution < -0.4 is 4.72 Å². The second kappa shape index (κ2) is 5.42. The highest BCUT2D eigenvalue weighted by atomic mass is 35.5. The van der Waals surface area contributed by atoms with E-state index in [0.717, 1.165) is 0 Å². The molecule has 0 amide bonds. The summed E-state index contributed by atoms with van der Waals surface area (Å²) in [4.78, 5) is -0.144. The van der Waals surface area contributed by atoms with Gasteiger partial charge in [0.05, 0.1) is 26.6 Å². The largest absolute Gasteiger partial charge is 0.280 e. The number of aromatic amines is 1. The average Bonchev–Trinajstić information content (AvgIpc) is 2.82. The van der Waals surface area contributed by atoms with E-state index in [1.807, 2.05) is 0 Å². The van der Waals surface area contributed by atoms with E-state index in [9.17, 15) is 12.8 Å². The molecule has 2 aromatic carbocycles. The van der Waals surface area contributed by atoms with Crippen molar-refractivity contribution in [3.8, 4) is 0 Å². The van der Waals surface area contributed by atoms with Crippen molar-refractivity contribution >= 4 is 49.8 Å². The quantitative estimate of drug-likeness (QED) is 0.746. The number of anilines is 1. The maximum atomic E-state index is 13.3. The van der Waals surface area contributed by atoms with Crippen LogP contribution in [0.25, 0.3) is 10.9 Å². The van der Waals surface area contributed by atoms with Crippen LogP contribution in [0.15, 0.2) is 41.3 Å². The number of nitrogens with zero attached hydrogens (tertiary/aromatic N) is 1. The van der Waals surface area contributed by atoms with Gasteiger partial charge in [0.2, 0.25) is 5.95 Å². The molecule has 0 bridgehead atoms. The van der Waals surface area contributed by atoms with Gasteiger partial charge in [-0.15, -0.1) is 0 Å². The Bertz CT molecular complexity index is 973. The first-order valence-electron chi connectivity index (χ1n) is 5.99. The minimum absolute atomic E-state index is 0.0661. The number of sulfonamides is 1. The first kappa shape index (κ1) is 15.1. The second-order valence-electron chi connectivity index (χ2n) is 4.43. The van der Waals surface area contributed by atoms with Crippen molar-refractivity contribution in [1.29, 1.82) is 0 Å². The van der Waals surface area contributed by atoms with E-state index in [2.05, 4.69) is 14.9 Å². The molecule has 1 heterocycles. The summed E-state index contributed by atoms with van der Waals surface area (Å²) in [6, 6.07) is 8.56. The molecule has 0 unspecified atom stereocenters. The molecule has 3 aromatic rings. The van der Waals surface area contributed by atoms with Crippen molar-refractivity contribution in [1.82, 2.24) is 10.2 Å². The SMILES string of the molecule is O=S(=O)(Nc1ccc2c(F)[nH]nc2c1)c1cccc(Cl)c1Cl. The number of aromatic nitrogens is 2. The van der Waals surface area contributed by atoms with E-state index in [-0.39, 0.29) is 26.0 Å².